The van der Waals surface area contributed by atoms with Crippen molar-refractivity contribution < 1.29 is 9.53 Å². The van der Waals surface area contributed by atoms with Crippen molar-refractivity contribution in [1.82, 2.24) is 0 Å². The van der Waals surface area contributed by atoms with Crippen molar-refractivity contribution in [2.45, 2.75) is 32.6 Å². The smallest absolute Gasteiger partial charge is 0.153 e. The molecule has 0 N–H and O–H groups in total. The lowest BCUT2D eigenvalue weighted by Crippen LogP contribution is -2.25. The molecule has 1 saturated carbocycles. The second-order valence-electron chi connectivity index (χ2n) is 3.42. The Morgan fingerprint density at radius 1 is 1.69 bits per heavy atom. The molecule has 13 heavy (non-hydrogen) atoms. The van der Waals surface area contributed by atoms with Crippen molar-refractivity contribution in [2.75, 3.05) is 13.2 Å². The standard InChI is InChI=1S/C10H15NO2/c1-2-13-7-6-10(8-11)5-3-4-9(10)12/h2-7H2,1H3. The number of ether oxygens (including phenoxy) is 1. The molecule has 1 aliphatic rings. The number of Topliss-reactive ketones (excluding diaryl/α,β-unsaturated/α-hetero) is 1. The highest BCUT2D eigenvalue weighted by Crippen LogP contribution is 2.37. The van der Waals surface area contributed by atoms with E-state index in [1.165, 1.54) is 0 Å². The van der Waals surface area contributed by atoms with E-state index in [9.17, 15) is 4.79 Å². The van der Waals surface area contributed by atoms with E-state index in [1.807, 2.05) is 6.92 Å². The van der Waals surface area contributed by atoms with Gasteiger partial charge < -0.3 is 4.74 Å². The summed E-state index contributed by atoms with van der Waals surface area (Å²) in [6.07, 6.45) is 2.71. The maximum absolute atomic E-state index is 11.4. The molecule has 3 nitrogen and oxygen atoms in total. The number of ketones is 1. The summed E-state index contributed by atoms with van der Waals surface area (Å²) in [5.41, 5.74) is -0.713. The van der Waals surface area contributed by atoms with Crippen molar-refractivity contribution >= 4 is 5.78 Å². The lowest BCUT2D eigenvalue weighted by atomic mass is 9.84. The normalized spacial score (nSPS) is 27.5. The van der Waals surface area contributed by atoms with E-state index in [0.717, 1.165) is 12.8 Å². The Hall–Kier alpha value is -0.880. The Kier molecular flexibility index (Phi) is 3.44. The molecule has 1 fully saturated rings. The van der Waals surface area contributed by atoms with Crippen molar-refractivity contribution in [2.24, 2.45) is 5.41 Å². The third kappa shape index (κ3) is 2.07. The minimum absolute atomic E-state index is 0.106. The summed E-state index contributed by atoms with van der Waals surface area (Å²) < 4.78 is 5.17. The van der Waals surface area contributed by atoms with Crippen molar-refractivity contribution in [3.63, 3.8) is 0 Å². The first-order valence-corrected chi connectivity index (χ1v) is 4.77. The van der Waals surface area contributed by atoms with Gasteiger partial charge in [-0.3, -0.25) is 4.79 Å². The molecular weight excluding hydrogens is 166 g/mol. The minimum Gasteiger partial charge on any atom is -0.382 e. The highest BCUT2D eigenvalue weighted by atomic mass is 16.5. The van der Waals surface area contributed by atoms with Gasteiger partial charge in [-0.2, -0.15) is 5.26 Å². The molecule has 0 aromatic carbocycles. The zero-order valence-electron chi connectivity index (χ0n) is 8.01. The fourth-order valence-electron chi connectivity index (χ4n) is 1.76. The molecule has 0 aromatic heterocycles. The Labute approximate surface area is 78.7 Å². The van der Waals surface area contributed by atoms with Gasteiger partial charge in [-0.25, -0.2) is 0 Å². The maximum atomic E-state index is 11.4. The van der Waals surface area contributed by atoms with Crippen molar-refractivity contribution in [1.29, 1.82) is 5.26 Å². The number of nitrogens with zero attached hydrogens (tertiary/aromatic N) is 1. The van der Waals surface area contributed by atoms with Crippen LogP contribution < -0.4 is 0 Å². The number of carbonyl (C=O) groups is 1. The van der Waals surface area contributed by atoms with Gasteiger partial charge in [-0.1, -0.05) is 0 Å². The SMILES string of the molecule is CCOCCC1(C#N)CCCC1=O. The molecule has 0 bridgehead atoms. The molecule has 0 heterocycles. The molecule has 3 heteroatoms. The molecule has 0 aliphatic heterocycles. The van der Waals surface area contributed by atoms with Crippen LogP contribution in [0.5, 0.6) is 0 Å². The summed E-state index contributed by atoms with van der Waals surface area (Å²) >= 11 is 0. The Morgan fingerprint density at radius 2 is 2.46 bits per heavy atom. The van der Waals surface area contributed by atoms with Gasteiger partial charge >= 0.3 is 0 Å². The van der Waals surface area contributed by atoms with Crippen molar-refractivity contribution in [3.05, 3.63) is 0 Å². The summed E-state index contributed by atoms with van der Waals surface area (Å²) in [5, 5.41) is 8.96. The first kappa shape index (κ1) is 10.2. The largest absolute Gasteiger partial charge is 0.382 e. The third-order valence-corrected chi connectivity index (χ3v) is 2.63. The number of hydrogen-bond acceptors (Lipinski definition) is 3. The second-order valence-corrected chi connectivity index (χ2v) is 3.42. The predicted molar refractivity (Wildman–Crippen MR) is 48.0 cm³/mol. The van der Waals surface area contributed by atoms with Gasteiger partial charge in [-0.15, -0.1) is 0 Å². The average Bonchev–Trinajstić information content (AvgIpc) is 2.49. The summed E-state index contributed by atoms with van der Waals surface area (Å²) in [6, 6.07) is 2.16. The Bertz CT molecular complexity index is 232. The zero-order chi connectivity index (χ0) is 9.73. The van der Waals surface area contributed by atoms with Crippen LogP contribution in [0, 0.1) is 16.7 Å². The van der Waals surface area contributed by atoms with Gasteiger partial charge in [0.25, 0.3) is 0 Å². The van der Waals surface area contributed by atoms with Crippen LogP contribution in [0.1, 0.15) is 32.6 Å². The molecule has 0 spiro atoms. The number of nitriles is 1. The summed E-state index contributed by atoms with van der Waals surface area (Å²) in [6.45, 7) is 3.08. The first-order chi connectivity index (χ1) is 6.25. The molecule has 72 valence electrons. The minimum atomic E-state index is -0.713. The van der Waals surface area contributed by atoms with Crippen LogP contribution in [0.4, 0.5) is 0 Å². The highest BCUT2D eigenvalue weighted by Gasteiger charge is 2.41. The van der Waals surface area contributed by atoms with Crippen LogP contribution in [0.2, 0.25) is 0 Å². The van der Waals surface area contributed by atoms with E-state index in [0.29, 0.717) is 26.1 Å². The number of hydrogen-bond donors (Lipinski definition) is 0. The van der Waals surface area contributed by atoms with Crippen LogP contribution in [0.15, 0.2) is 0 Å². The molecule has 1 atom stereocenters. The van der Waals surface area contributed by atoms with E-state index in [-0.39, 0.29) is 5.78 Å². The summed E-state index contributed by atoms with van der Waals surface area (Å²) in [5.74, 6) is 0.106. The van der Waals surface area contributed by atoms with Crippen LogP contribution in [-0.2, 0) is 9.53 Å². The zero-order valence-corrected chi connectivity index (χ0v) is 8.01. The predicted octanol–water partition coefficient (Wildman–Crippen LogP) is 1.68. The molecule has 1 aliphatic carbocycles. The topological polar surface area (TPSA) is 50.1 Å². The van der Waals surface area contributed by atoms with Gasteiger partial charge in [0, 0.05) is 19.6 Å². The summed E-state index contributed by atoms with van der Waals surface area (Å²) in [7, 11) is 0. The number of rotatable bonds is 4. The van der Waals surface area contributed by atoms with E-state index >= 15 is 0 Å². The first-order valence-electron chi connectivity index (χ1n) is 4.77. The average molecular weight is 181 g/mol. The van der Waals surface area contributed by atoms with E-state index in [1.54, 1.807) is 0 Å². The molecule has 1 unspecified atom stereocenters. The molecule has 1 rings (SSSR count). The van der Waals surface area contributed by atoms with Crippen LogP contribution in [0.25, 0.3) is 0 Å². The Morgan fingerprint density at radius 3 is 2.92 bits per heavy atom. The fraction of sp³-hybridized carbons (Fsp3) is 0.800. The molecule has 0 amide bonds. The van der Waals surface area contributed by atoms with Gasteiger partial charge in [0.05, 0.1) is 6.07 Å². The number of carbonyl (C=O) groups excluding carboxylic acids is 1. The maximum Gasteiger partial charge on any atom is 0.153 e. The second kappa shape index (κ2) is 4.38. The van der Waals surface area contributed by atoms with E-state index < -0.39 is 5.41 Å². The highest BCUT2D eigenvalue weighted by molar-refractivity contribution is 5.89. The van der Waals surface area contributed by atoms with E-state index in [2.05, 4.69) is 6.07 Å². The van der Waals surface area contributed by atoms with Crippen LogP contribution >= 0.6 is 0 Å². The molecule has 0 aromatic rings. The van der Waals surface area contributed by atoms with Crippen molar-refractivity contribution in [3.8, 4) is 6.07 Å². The summed E-state index contributed by atoms with van der Waals surface area (Å²) in [4.78, 5) is 11.4. The van der Waals surface area contributed by atoms with Gasteiger partial charge in [0.2, 0.25) is 0 Å². The third-order valence-electron chi connectivity index (χ3n) is 2.63. The molecule has 0 saturated heterocycles. The van der Waals surface area contributed by atoms with Crippen LogP contribution in [-0.4, -0.2) is 19.0 Å². The van der Waals surface area contributed by atoms with Crippen LogP contribution in [0.3, 0.4) is 0 Å². The lowest BCUT2D eigenvalue weighted by Gasteiger charge is -2.17. The lowest BCUT2D eigenvalue weighted by molar-refractivity contribution is -0.124. The fourth-order valence-corrected chi connectivity index (χ4v) is 1.76. The van der Waals surface area contributed by atoms with Gasteiger partial charge in [0.1, 0.15) is 5.41 Å². The Balaban J connectivity index is 2.51. The van der Waals surface area contributed by atoms with Gasteiger partial charge in [0.15, 0.2) is 5.78 Å². The monoisotopic (exact) mass is 181 g/mol. The van der Waals surface area contributed by atoms with E-state index in [4.69, 9.17) is 10.00 Å². The molecular formula is C10H15NO2. The van der Waals surface area contributed by atoms with Gasteiger partial charge in [-0.05, 0) is 26.2 Å². The molecule has 0 radical (unpaired) electrons. The quantitative estimate of drug-likeness (QED) is 0.620.